The van der Waals surface area contributed by atoms with Gasteiger partial charge < -0.3 is 15.5 Å². The molecule has 0 bridgehead atoms. The van der Waals surface area contributed by atoms with Crippen molar-refractivity contribution in [3.63, 3.8) is 0 Å². The molecule has 0 spiro atoms. The second kappa shape index (κ2) is 5.14. The van der Waals surface area contributed by atoms with Crippen LogP contribution in [0.4, 0.5) is 13.2 Å². The van der Waals surface area contributed by atoms with Crippen LogP contribution in [-0.4, -0.2) is 22.7 Å². The van der Waals surface area contributed by atoms with E-state index < -0.39 is 40.4 Å². The minimum Gasteiger partial charge on any atom is -0.506 e. The van der Waals surface area contributed by atoms with Crippen LogP contribution in [0.25, 0.3) is 0 Å². The fourth-order valence-corrected chi connectivity index (χ4v) is 2.44. The van der Waals surface area contributed by atoms with E-state index in [4.69, 9.17) is 16.7 Å². The van der Waals surface area contributed by atoms with Crippen molar-refractivity contribution in [3.05, 3.63) is 28.3 Å². The summed E-state index contributed by atoms with van der Waals surface area (Å²) in [6.07, 6.45) is -4.49. The minimum absolute atomic E-state index is 0.0337. The Morgan fingerprint density at radius 2 is 2.05 bits per heavy atom. The van der Waals surface area contributed by atoms with Crippen molar-refractivity contribution in [3.8, 4) is 5.75 Å². The Morgan fingerprint density at radius 1 is 1.40 bits per heavy atom. The topological polar surface area (TPSA) is 69.6 Å². The predicted octanol–water partition coefficient (Wildman–Crippen LogP) is 2.80. The zero-order chi connectivity index (χ0) is 15.1. The summed E-state index contributed by atoms with van der Waals surface area (Å²) >= 11 is 5.61. The fraction of sp³-hybridized carbons (Fsp3) is 0.417. The van der Waals surface area contributed by atoms with E-state index in [1.165, 1.54) is 0 Å². The minimum atomic E-state index is -4.59. The third kappa shape index (κ3) is 2.83. The zero-order valence-corrected chi connectivity index (χ0v) is 10.8. The number of phenols is 1. The normalized spacial score (nSPS) is 23.0. The Kier molecular flexibility index (Phi) is 3.84. The van der Waals surface area contributed by atoms with Crippen LogP contribution >= 0.6 is 11.6 Å². The molecule has 2 atom stereocenters. The van der Waals surface area contributed by atoms with Crippen molar-refractivity contribution in [2.75, 3.05) is 6.54 Å². The van der Waals surface area contributed by atoms with Gasteiger partial charge in [-0.15, -0.1) is 0 Å². The van der Waals surface area contributed by atoms with Crippen molar-refractivity contribution in [1.29, 1.82) is 0 Å². The van der Waals surface area contributed by atoms with Gasteiger partial charge in [-0.25, -0.2) is 0 Å². The number of alkyl halides is 3. The van der Waals surface area contributed by atoms with E-state index in [1.54, 1.807) is 0 Å². The molecule has 1 fully saturated rings. The number of nitrogens with one attached hydrogen (secondary N) is 1. The molecular formula is C12H11ClF3NO3. The molecule has 2 rings (SSSR count). The van der Waals surface area contributed by atoms with Gasteiger partial charge in [0.1, 0.15) is 5.75 Å². The van der Waals surface area contributed by atoms with Crippen molar-refractivity contribution >= 4 is 17.6 Å². The molecule has 110 valence electrons. The first-order valence-electron chi connectivity index (χ1n) is 5.76. The van der Waals surface area contributed by atoms with E-state index in [0.29, 0.717) is 6.07 Å². The predicted molar refractivity (Wildman–Crippen MR) is 64.6 cm³/mol. The maximum absolute atomic E-state index is 12.7. The molecule has 20 heavy (non-hydrogen) atoms. The molecule has 1 heterocycles. The molecule has 1 aliphatic rings. The Hall–Kier alpha value is -1.47. The van der Waals surface area contributed by atoms with Gasteiger partial charge >= 0.3 is 12.1 Å². The molecular weight excluding hydrogens is 299 g/mol. The molecule has 1 aromatic carbocycles. The maximum atomic E-state index is 12.7. The average Bonchev–Trinajstić information content (AvgIpc) is 2.80. The van der Waals surface area contributed by atoms with Gasteiger partial charge in [-0.1, -0.05) is 11.6 Å². The number of halogens is 4. The van der Waals surface area contributed by atoms with Gasteiger partial charge in [-0.2, -0.15) is 13.2 Å². The van der Waals surface area contributed by atoms with Gasteiger partial charge in [0, 0.05) is 18.2 Å². The van der Waals surface area contributed by atoms with Crippen LogP contribution in [0.5, 0.6) is 5.75 Å². The van der Waals surface area contributed by atoms with Crippen LogP contribution in [0, 0.1) is 5.92 Å². The van der Waals surface area contributed by atoms with E-state index in [-0.39, 0.29) is 18.5 Å². The Bertz CT molecular complexity index is 547. The summed E-state index contributed by atoms with van der Waals surface area (Å²) in [5.74, 6) is -2.19. The van der Waals surface area contributed by atoms with Crippen molar-refractivity contribution in [1.82, 2.24) is 5.32 Å². The van der Waals surface area contributed by atoms with E-state index in [2.05, 4.69) is 5.32 Å². The number of carboxylic acids is 1. The van der Waals surface area contributed by atoms with Crippen LogP contribution in [0.1, 0.15) is 23.6 Å². The highest BCUT2D eigenvalue weighted by atomic mass is 35.5. The molecule has 0 saturated carbocycles. The number of aromatic hydroxyl groups is 1. The van der Waals surface area contributed by atoms with Crippen molar-refractivity contribution in [2.45, 2.75) is 18.6 Å². The quantitative estimate of drug-likeness (QED) is 0.786. The molecule has 0 radical (unpaired) electrons. The molecule has 1 saturated heterocycles. The first kappa shape index (κ1) is 14.9. The number of phenolic OH excluding ortho intramolecular Hbond substituents is 1. The van der Waals surface area contributed by atoms with E-state index in [0.717, 1.165) is 6.07 Å². The third-order valence-electron chi connectivity index (χ3n) is 3.28. The monoisotopic (exact) mass is 309 g/mol. The Balaban J connectivity index is 2.37. The largest absolute Gasteiger partial charge is 0.506 e. The Labute approximate surface area is 117 Å². The molecule has 4 nitrogen and oxygen atoms in total. The number of rotatable bonds is 2. The molecule has 0 aliphatic carbocycles. The standard InChI is InChI=1S/C12H11ClF3NO3/c13-8-3-6(12(14,15)16)2-7(10(8)18)9-1-5(4-17-9)11(19)20/h2-3,5,9,17-18H,1,4H2,(H,19,20). The zero-order valence-electron chi connectivity index (χ0n) is 10.0. The highest BCUT2D eigenvalue weighted by molar-refractivity contribution is 6.32. The molecule has 0 aromatic heterocycles. The second-order valence-electron chi connectivity index (χ2n) is 4.63. The number of aliphatic carboxylic acids is 1. The summed E-state index contributed by atoms with van der Waals surface area (Å²) < 4.78 is 38.1. The van der Waals surface area contributed by atoms with Crippen molar-refractivity contribution in [2.24, 2.45) is 5.92 Å². The molecule has 2 unspecified atom stereocenters. The molecule has 0 amide bonds. The summed E-state index contributed by atoms with van der Waals surface area (Å²) in [6.45, 7) is 0.132. The smallest absolute Gasteiger partial charge is 0.416 e. The summed E-state index contributed by atoms with van der Waals surface area (Å²) in [4.78, 5) is 10.8. The number of hydrogen-bond donors (Lipinski definition) is 3. The second-order valence-corrected chi connectivity index (χ2v) is 5.03. The van der Waals surface area contributed by atoms with E-state index >= 15 is 0 Å². The number of hydrogen-bond acceptors (Lipinski definition) is 3. The highest BCUT2D eigenvalue weighted by Gasteiger charge is 2.36. The van der Waals surface area contributed by atoms with Crippen LogP contribution in [0.15, 0.2) is 12.1 Å². The lowest BCUT2D eigenvalue weighted by Gasteiger charge is -2.16. The lowest BCUT2D eigenvalue weighted by molar-refractivity contribution is -0.141. The summed E-state index contributed by atoms with van der Waals surface area (Å²) in [5.41, 5.74) is -1.01. The first-order valence-corrected chi connectivity index (χ1v) is 6.13. The summed E-state index contributed by atoms with van der Waals surface area (Å²) in [7, 11) is 0. The Morgan fingerprint density at radius 3 is 2.55 bits per heavy atom. The van der Waals surface area contributed by atoms with Crippen molar-refractivity contribution < 1.29 is 28.2 Å². The van der Waals surface area contributed by atoms with E-state index in [9.17, 15) is 23.1 Å². The van der Waals surface area contributed by atoms with Gasteiger partial charge in [-0.3, -0.25) is 4.79 Å². The first-order chi connectivity index (χ1) is 9.20. The number of carbonyl (C=O) groups is 1. The summed E-state index contributed by atoms with van der Waals surface area (Å²) in [6, 6.07) is 0.767. The fourth-order valence-electron chi connectivity index (χ4n) is 2.21. The highest BCUT2D eigenvalue weighted by Crippen LogP contribution is 2.41. The lowest BCUT2D eigenvalue weighted by atomic mass is 9.97. The third-order valence-corrected chi connectivity index (χ3v) is 3.56. The van der Waals surface area contributed by atoms with Crippen LogP contribution in [-0.2, 0) is 11.0 Å². The number of carboxylic acid groups (broad SMARTS) is 1. The molecule has 8 heteroatoms. The number of benzene rings is 1. The maximum Gasteiger partial charge on any atom is 0.416 e. The van der Waals surface area contributed by atoms with Gasteiger partial charge in [0.25, 0.3) is 0 Å². The van der Waals surface area contributed by atoms with Gasteiger partial charge in [-0.05, 0) is 18.6 Å². The molecule has 3 N–H and O–H groups in total. The van der Waals surface area contributed by atoms with Crippen LogP contribution in [0.3, 0.4) is 0 Å². The SMILES string of the molecule is O=C(O)C1CNC(c2cc(C(F)(F)F)cc(Cl)c2O)C1. The van der Waals surface area contributed by atoms with Gasteiger partial charge in [0.05, 0.1) is 16.5 Å². The average molecular weight is 310 g/mol. The van der Waals surface area contributed by atoms with Crippen LogP contribution in [0.2, 0.25) is 5.02 Å². The van der Waals surface area contributed by atoms with E-state index in [1.807, 2.05) is 0 Å². The molecule has 1 aromatic rings. The van der Waals surface area contributed by atoms with Crippen LogP contribution < -0.4 is 5.32 Å². The summed E-state index contributed by atoms with van der Waals surface area (Å²) in [5, 5.41) is 21.0. The lowest BCUT2D eigenvalue weighted by Crippen LogP contribution is -2.17. The van der Waals surface area contributed by atoms with Gasteiger partial charge in [0.2, 0.25) is 0 Å². The molecule has 1 aliphatic heterocycles. The van der Waals surface area contributed by atoms with Gasteiger partial charge in [0.15, 0.2) is 0 Å².